The van der Waals surface area contributed by atoms with E-state index in [0.29, 0.717) is 5.56 Å². The quantitative estimate of drug-likeness (QED) is 0.656. The number of carboxylic acids is 1. The van der Waals surface area contributed by atoms with E-state index in [0.717, 1.165) is 5.56 Å². The van der Waals surface area contributed by atoms with Crippen LogP contribution in [0.15, 0.2) is 30.7 Å². The molecule has 110 valence electrons. The predicted octanol–water partition coefficient (Wildman–Crippen LogP) is 1.06. The Morgan fingerprint density at radius 3 is 2.76 bits per heavy atom. The normalized spacial score (nSPS) is 11.7. The minimum Gasteiger partial charge on any atom is -0.477 e. The van der Waals surface area contributed by atoms with Crippen molar-refractivity contribution in [1.29, 1.82) is 0 Å². The van der Waals surface area contributed by atoms with E-state index >= 15 is 0 Å². The van der Waals surface area contributed by atoms with Gasteiger partial charge in [0.1, 0.15) is 5.69 Å². The molecule has 8 heteroatoms. The van der Waals surface area contributed by atoms with Crippen molar-refractivity contribution in [3.8, 4) is 0 Å². The number of aromatic amines is 1. The highest BCUT2D eigenvalue weighted by Gasteiger charge is 2.10. The molecular weight excluding hydrogens is 274 g/mol. The Morgan fingerprint density at radius 1 is 1.38 bits per heavy atom. The zero-order valence-corrected chi connectivity index (χ0v) is 11.3. The van der Waals surface area contributed by atoms with Gasteiger partial charge in [-0.25, -0.2) is 14.6 Å². The van der Waals surface area contributed by atoms with Crippen LogP contribution in [-0.4, -0.2) is 32.3 Å². The fourth-order valence-electron chi connectivity index (χ4n) is 1.67. The van der Waals surface area contributed by atoms with Crippen LogP contribution in [0.5, 0.6) is 0 Å². The summed E-state index contributed by atoms with van der Waals surface area (Å²) in [7, 11) is 0. The summed E-state index contributed by atoms with van der Waals surface area (Å²) in [4.78, 5) is 26.2. The molecule has 0 fully saturated rings. The summed E-state index contributed by atoms with van der Waals surface area (Å²) in [6.45, 7) is 2.10. The molecule has 0 aliphatic rings. The molecule has 1 unspecified atom stereocenters. The van der Waals surface area contributed by atoms with Gasteiger partial charge in [-0.15, -0.1) is 0 Å². The minimum atomic E-state index is -1.08. The van der Waals surface area contributed by atoms with Crippen LogP contribution < -0.4 is 10.6 Å². The number of amides is 2. The van der Waals surface area contributed by atoms with Gasteiger partial charge in [-0.1, -0.05) is 6.07 Å². The van der Waals surface area contributed by atoms with Gasteiger partial charge in [-0.2, -0.15) is 5.10 Å². The average molecular weight is 289 g/mol. The number of H-pyrrole nitrogens is 1. The molecule has 0 spiro atoms. The third-order valence-corrected chi connectivity index (χ3v) is 2.86. The summed E-state index contributed by atoms with van der Waals surface area (Å²) in [5.41, 5.74) is 1.56. The molecule has 0 aromatic carbocycles. The van der Waals surface area contributed by atoms with E-state index in [1.54, 1.807) is 18.5 Å². The van der Waals surface area contributed by atoms with Gasteiger partial charge in [0.05, 0.1) is 12.2 Å². The zero-order chi connectivity index (χ0) is 15.2. The molecular formula is C13H15N5O3. The smallest absolute Gasteiger partial charge is 0.354 e. The fraction of sp³-hybridized carbons (Fsp3) is 0.231. The van der Waals surface area contributed by atoms with Crippen molar-refractivity contribution in [2.75, 3.05) is 0 Å². The van der Waals surface area contributed by atoms with Crippen molar-refractivity contribution in [3.05, 3.63) is 47.5 Å². The van der Waals surface area contributed by atoms with E-state index in [1.165, 1.54) is 12.3 Å². The summed E-state index contributed by atoms with van der Waals surface area (Å²) in [5.74, 6) is -1.08. The second kappa shape index (κ2) is 6.51. The third kappa shape index (κ3) is 4.03. The summed E-state index contributed by atoms with van der Waals surface area (Å²) in [6, 6.07) is 2.50. The Labute approximate surface area is 120 Å². The zero-order valence-electron chi connectivity index (χ0n) is 11.3. The number of urea groups is 1. The van der Waals surface area contributed by atoms with Gasteiger partial charge in [-0.3, -0.25) is 5.10 Å². The Kier molecular flexibility index (Phi) is 4.50. The Morgan fingerprint density at radius 2 is 2.19 bits per heavy atom. The van der Waals surface area contributed by atoms with Gasteiger partial charge in [0.25, 0.3) is 0 Å². The Balaban J connectivity index is 1.82. The van der Waals surface area contributed by atoms with Crippen LogP contribution in [0.1, 0.15) is 34.6 Å². The van der Waals surface area contributed by atoms with Gasteiger partial charge in [0.15, 0.2) is 0 Å². The predicted molar refractivity (Wildman–Crippen MR) is 73.6 cm³/mol. The van der Waals surface area contributed by atoms with E-state index in [9.17, 15) is 9.59 Å². The number of nitrogens with one attached hydrogen (secondary N) is 3. The lowest BCUT2D eigenvalue weighted by atomic mass is 10.2. The van der Waals surface area contributed by atoms with Crippen LogP contribution in [-0.2, 0) is 6.54 Å². The molecule has 0 radical (unpaired) electrons. The lowest BCUT2D eigenvalue weighted by Crippen LogP contribution is -2.36. The van der Waals surface area contributed by atoms with E-state index in [4.69, 9.17) is 5.11 Å². The maximum Gasteiger partial charge on any atom is 0.354 e. The average Bonchev–Trinajstić information content (AvgIpc) is 3.00. The molecule has 4 N–H and O–H groups in total. The Hall–Kier alpha value is -2.90. The van der Waals surface area contributed by atoms with Gasteiger partial charge in [-0.05, 0) is 18.6 Å². The number of carbonyl (C=O) groups excluding carboxylic acids is 1. The van der Waals surface area contributed by atoms with Crippen LogP contribution in [0.2, 0.25) is 0 Å². The summed E-state index contributed by atoms with van der Waals surface area (Å²) >= 11 is 0. The molecule has 2 heterocycles. The third-order valence-electron chi connectivity index (χ3n) is 2.86. The van der Waals surface area contributed by atoms with E-state index in [2.05, 4.69) is 25.8 Å². The monoisotopic (exact) mass is 289 g/mol. The second-order valence-corrected chi connectivity index (χ2v) is 4.44. The standard InChI is InChI=1S/C13H15N5O3/c1-8(10-6-16-17-7-10)18-13(21)15-5-9-2-3-11(12(19)20)14-4-9/h2-4,6-8H,5H2,1H3,(H,16,17)(H,19,20)(H2,15,18,21). The topological polar surface area (TPSA) is 120 Å². The summed E-state index contributed by atoms with van der Waals surface area (Å²) in [5, 5.41) is 20.7. The highest BCUT2D eigenvalue weighted by Crippen LogP contribution is 2.08. The number of aromatic carboxylic acids is 1. The molecule has 0 saturated heterocycles. The van der Waals surface area contributed by atoms with E-state index < -0.39 is 5.97 Å². The first-order valence-electron chi connectivity index (χ1n) is 6.27. The molecule has 21 heavy (non-hydrogen) atoms. The van der Waals surface area contributed by atoms with Crippen LogP contribution in [0.4, 0.5) is 4.79 Å². The maximum absolute atomic E-state index is 11.7. The first-order chi connectivity index (χ1) is 10.1. The van der Waals surface area contributed by atoms with E-state index in [-0.39, 0.29) is 24.3 Å². The number of rotatable bonds is 5. The number of hydrogen-bond donors (Lipinski definition) is 4. The summed E-state index contributed by atoms with van der Waals surface area (Å²) < 4.78 is 0. The summed E-state index contributed by atoms with van der Waals surface area (Å²) in [6.07, 6.45) is 4.77. The van der Waals surface area contributed by atoms with Gasteiger partial charge < -0.3 is 15.7 Å². The Bertz CT molecular complexity index is 609. The van der Waals surface area contributed by atoms with Crippen molar-refractivity contribution in [3.63, 3.8) is 0 Å². The first kappa shape index (κ1) is 14.5. The number of carboxylic acid groups (broad SMARTS) is 1. The number of aromatic nitrogens is 3. The van der Waals surface area contributed by atoms with Gasteiger partial charge in [0, 0.05) is 24.5 Å². The van der Waals surface area contributed by atoms with Crippen LogP contribution in [0, 0.1) is 0 Å². The molecule has 0 aliphatic heterocycles. The molecule has 2 rings (SSSR count). The molecule has 0 saturated carbocycles. The largest absolute Gasteiger partial charge is 0.477 e. The van der Waals surface area contributed by atoms with Crippen LogP contribution >= 0.6 is 0 Å². The molecule has 2 aromatic rings. The molecule has 0 aliphatic carbocycles. The van der Waals surface area contributed by atoms with Crippen molar-refractivity contribution >= 4 is 12.0 Å². The molecule has 2 aromatic heterocycles. The van der Waals surface area contributed by atoms with Gasteiger partial charge in [0.2, 0.25) is 0 Å². The number of pyridine rings is 1. The SMILES string of the molecule is CC(NC(=O)NCc1ccc(C(=O)O)nc1)c1cn[nH]c1. The molecule has 2 amide bonds. The van der Waals surface area contributed by atoms with Crippen molar-refractivity contribution in [2.45, 2.75) is 19.5 Å². The number of hydrogen-bond acceptors (Lipinski definition) is 4. The van der Waals surface area contributed by atoms with Crippen molar-refractivity contribution < 1.29 is 14.7 Å². The number of carbonyl (C=O) groups is 2. The molecule has 1 atom stereocenters. The van der Waals surface area contributed by atoms with Gasteiger partial charge >= 0.3 is 12.0 Å². The first-order valence-corrected chi connectivity index (χ1v) is 6.27. The number of nitrogens with zero attached hydrogens (tertiary/aromatic N) is 2. The fourth-order valence-corrected chi connectivity index (χ4v) is 1.67. The highest BCUT2D eigenvalue weighted by atomic mass is 16.4. The molecule has 0 bridgehead atoms. The lowest BCUT2D eigenvalue weighted by Gasteiger charge is -2.13. The van der Waals surface area contributed by atoms with Crippen molar-refractivity contribution in [2.24, 2.45) is 0 Å². The lowest BCUT2D eigenvalue weighted by molar-refractivity contribution is 0.0690. The maximum atomic E-state index is 11.7. The minimum absolute atomic E-state index is 0.0308. The highest BCUT2D eigenvalue weighted by molar-refractivity contribution is 5.85. The van der Waals surface area contributed by atoms with Crippen LogP contribution in [0.25, 0.3) is 0 Å². The second-order valence-electron chi connectivity index (χ2n) is 4.44. The molecule has 8 nitrogen and oxygen atoms in total. The van der Waals surface area contributed by atoms with Crippen LogP contribution in [0.3, 0.4) is 0 Å². The van der Waals surface area contributed by atoms with E-state index in [1.807, 2.05) is 6.92 Å². The van der Waals surface area contributed by atoms with Crippen molar-refractivity contribution in [1.82, 2.24) is 25.8 Å².